The van der Waals surface area contributed by atoms with Gasteiger partial charge in [-0.2, -0.15) is 0 Å². The van der Waals surface area contributed by atoms with Gasteiger partial charge in [0, 0.05) is 19.2 Å². The van der Waals surface area contributed by atoms with Crippen LogP contribution in [0, 0.1) is 23.7 Å². The molecule has 0 bridgehead atoms. The molecule has 0 unspecified atom stereocenters. The van der Waals surface area contributed by atoms with Crippen molar-refractivity contribution in [1.82, 2.24) is 4.90 Å². The lowest BCUT2D eigenvalue weighted by atomic mass is 9.87. The summed E-state index contributed by atoms with van der Waals surface area (Å²) < 4.78 is 11.5. The van der Waals surface area contributed by atoms with Gasteiger partial charge in [0.25, 0.3) is 0 Å². The van der Waals surface area contributed by atoms with E-state index in [-0.39, 0.29) is 30.6 Å². The van der Waals surface area contributed by atoms with Crippen LogP contribution in [0.25, 0.3) is 0 Å². The number of esters is 2. The van der Waals surface area contributed by atoms with E-state index >= 15 is 0 Å². The van der Waals surface area contributed by atoms with Crippen LogP contribution in [0.4, 0.5) is 0 Å². The van der Waals surface area contributed by atoms with E-state index < -0.39 is 104 Å². The topological polar surface area (TPSA) is 266 Å². The van der Waals surface area contributed by atoms with E-state index in [1.807, 2.05) is 20.8 Å². The molecule has 16 heteroatoms. The van der Waals surface area contributed by atoms with Gasteiger partial charge in [-0.3, -0.25) is 28.8 Å². The molecule has 0 amide bonds. The average molecular weight is 786 g/mol. The number of ether oxygens (including phenoxy) is 2. The summed E-state index contributed by atoms with van der Waals surface area (Å²) in [6.45, 7) is 8.01. The molecule has 0 aromatic carbocycles. The molecule has 0 saturated heterocycles. The predicted molar refractivity (Wildman–Crippen MR) is 199 cm³/mol. The SMILES string of the molecule is CCCC[C@@H](C)[C@@H](OC(=O)C[C@@H](CC(=O)O)C(=O)O)[C@@H](C[C@H](C)CCCCCC[C@H](O)C[C@@H](O)[C@H](C)N1C=C(O)C=CC1)OC(=O)C[C@H](CC(=O)O)C(=O)O. The van der Waals surface area contributed by atoms with Crippen LogP contribution >= 0.6 is 0 Å². The van der Waals surface area contributed by atoms with Crippen molar-refractivity contribution in [2.45, 2.75) is 154 Å². The quantitative estimate of drug-likeness (QED) is 0.0377. The average Bonchev–Trinajstić information content (AvgIpc) is 3.09. The Labute approximate surface area is 323 Å². The molecular formula is C39H63NO15. The number of allylic oxidation sites excluding steroid dienone is 1. The second-order valence-electron chi connectivity index (χ2n) is 15.0. The van der Waals surface area contributed by atoms with Gasteiger partial charge >= 0.3 is 35.8 Å². The lowest BCUT2D eigenvalue weighted by Gasteiger charge is -2.33. The smallest absolute Gasteiger partial charge is 0.307 e. The number of hydrogen-bond donors (Lipinski definition) is 7. The van der Waals surface area contributed by atoms with Crippen LogP contribution in [0.3, 0.4) is 0 Å². The Morgan fingerprint density at radius 3 is 1.78 bits per heavy atom. The highest BCUT2D eigenvalue weighted by molar-refractivity contribution is 5.83. The number of aliphatic hydroxyl groups excluding tert-OH is 3. The Kier molecular flexibility index (Phi) is 22.9. The maximum Gasteiger partial charge on any atom is 0.307 e. The highest BCUT2D eigenvalue weighted by Crippen LogP contribution is 2.29. The lowest BCUT2D eigenvalue weighted by Crippen LogP contribution is -2.42. The standard InChI is InChI=1S/C39H63NO15/c1-5-6-13-25(3)37(55-36(49)21-28(39(52)53)19-34(46)47)32(54-35(48)20-27(38(50)51)18-33(44)45)17-24(2)12-9-7-8-10-14-29(41)22-31(43)26(4)40-16-11-15-30(42)23-40/h11,15,23-29,31-32,37,41-43H,5-10,12-14,16-22H2,1-4H3,(H,44,45)(H,46,47)(H,50,51)(H,52,53)/t24-,25-,26+,27+,28-,29+,31-,32-,37-/m1/s1. The van der Waals surface area contributed by atoms with Gasteiger partial charge < -0.3 is 50.1 Å². The molecule has 1 aliphatic rings. The highest BCUT2D eigenvalue weighted by Gasteiger charge is 2.37. The number of carbonyl (C=O) groups excluding carboxylic acids is 2. The zero-order chi connectivity index (χ0) is 41.7. The van der Waals surface area contributed by atoms with Crippen molar-refractivity contribution in [3.8, 4) is 0 Å². The monoisotopic (exact) mass is 785 g/mol. The maximum absolute atomic E-state index is 13.1. The molecule has 0 fully saturated rings. The van der Waals surface area contributed by atoms with Gasteiger partial charge in [-0.15, -0.1) is 0 Å². The van der Waals surface area contributed by atoms with Crippen molar-refractivity contribution in [2.75, 3.05) is 6.54 Å². The molecule has 16 nitrogen and oxygen atoms in total. The lowest BCUT2D eigenvalue weighted by molar-refractivity contribution is -0.177. The van der Waals surface area contributed by atoms with Gasteiger partial charge in [0.2, 0.25) is 0 Å². The summed E-state index contributed by atoms with van der Waals surface area (Å²) in [5, 5.41) is 68.1. The molecule has 1 aliphatic heterocycles. The molecule has 0 radical (unpaired) electrons. The molecule has 0 aliphatic carbocycles. The van der Waals surface area contributed by atoms with E-state index in [2.05, 4.69) is 0 Å². The van der Waals surface area contributed by atoms with Gasteiger partial charge in [-0.05, 0) is 44.1 Å². The van der Waals surface area contributed by atoms with Crippen LogP contribution in [0.1, 0.15) is 124 Å². The number of nitrogens with zero attached hydrogens (tertiary/aromatic N) is 1. The van der Waals surface area contributed by atoms with Crippen molar-refractivity contribution >= 4 is 35.8 Å². The number of carboxylic acid groups (broad SMARTS) is 4. The summed E-state index contributed by atoms with van der Waals surface area (Å²) in [6.07, 6.45) is 4.83. The third-order valence-corrected chi connectivity index (χ3v) is 9.97. The van der Waals surface area contributed by atoms with E-state index in [1.165, 1.54) is 0 Å². The number of carbonyl (C=O) groups is 6. The van der Waals surface area contributed by atoms with E-state index in [4.69, 9.17) is 19.7 Å². The fourth-order valence-corrected chi connectivity index (χ4v) is 6.63. The molecule has 0 spiro atoms. The van der Waals surface area contributed by atoms with E-state index in [1.54, 1.807) is 30.2 Å². The first-order chi connectivity index (χ1) is 25.8. The Balaban J connectivity index is 2.96. The molecule has 0 aromatic rings. The number of aliphatic hydroxyl groups is 3. The van der Waals surface area contributed by atoms with Gasteiger partial charge in [0.1, 0.15) is 18.0 Å². The number of rotatable bonds is 30. The summed E-state index contributed by atoms with van der Waals surface area (Å²) in [7, 11) is 0. The molecule has 1 heterocycles. The molecule has 0 saturated carbocycles. The Bertz CT molecular complexity index is 1300. The van der Waals surface area contributed by atoms with Gasteiger partial charge in [-0.25, -0.2) is 0 Å². The van der Waals surface area contributed by atoms with Crippen LogP contribution in [0.15, 0.2) is 24.1 Å². The van der Waals surface area contributed by atoms with E-state index in [9.17, 15) is 54.3 Å². The van der Waals surface area contributed by atoms with E-state index in [0.29, 0.717) is 32.2 Å². The second-order valence-corrected chi connectivity index (χ2v) is 15.0. The van der Waals surface area contributed by atoms with Crippen molar-refractivity contribution in [3.63, 3.8) is 0 Å². The number of hydrogen-bond acceptors (Lipinski definition) is 12. The molecule has 9 atom stereocenters. The van der Waals surface area contributed by atoms with Gasteiger partial charge in [-0.1, -0.05) is 71.8 Å². The first kappa shape index (κ1) is 48.8. The first-order valence-electron chi connectivity index (χ1n) is 19.3. The Morgan fingerprint density at radius 1 is 0.727 bits per heavy atom. The van der Waals surface area contributed by atoms with E-state index in [0.717, 1.165) is 32.1 Å². The highest BCUT2D eigenvalue weighted by atomic mass is 16.6. The number of carboxylic acids is 4. The number of aliphatic carboxylic acids is 4. The molecule has 55 heavy (non-hydrogen) atoms. The molecular weight excluding hydrogens is 722 g/mol. The minimum Gasteiger partial charge on any atom is -0.506 e. The van der Waals surface area contributed by atoms with Crippen LogP contribution in [-0.2, 0) is 38.2 Å². The fourth-order valence-electron chi connectivity index (χ4n) is 6.63. The summed E-state index contributed by atoms with van der Waals surface area (Å²) in [6, 6.07) is -0.300. The molecule has 314 valence electrons. The second kappa shape index (κ2) is 25.8. The normalized spacial score (nSPS) is 17.7. The van der Waals surface area contributed by atoms with Crippen molar-refractivity contribution in [2.24, 2.45) is 23.7 Å². The summed E-state index contributed by atoms with van der Waals surface area (Å²) in [4.78, 5) is 73.8. The Hall–Kier alpha value is -4.18. The molecule has 1 rings (SSSR count). The third-order valence-electron chi connectivity index (χ3n) is 9.97. The molecule has 7 N–H and O–H groups in total. The summed E-state index contributed by atoms with van der Waals surface area (Å²) in [5.74, 6) is -11.3. The maximum atomic E-state index is 13.1. The van der Waals surface area contributed by atoms with Crippen LogP contribution < -0.4 is 0 Å². The van der Waals surface area contributed by atoms with Gasteiger partial charge in [0.15, 0.2) is 0 Å². The van der Waals surface area contributed by atoms with Crippen molar-refractivity contribution in [1.29, 1.82) is 0 Å². The van der Waals surface area contributed by atoms with Crippen molar-refractivity contribution < 1.29 is 74.0 Å². The zero-order valence-electron chi connectivity index (χ0n) is 32.6. The van der Waals surface area contributed by atoms with Crippen LogP contribution in [0.5, 0.6) is 0 Å². The minimum atomic E-state index is -1.56. The minimum absolute atomic E-state index is 0.101. The fraction of sp³-hybridized carbons (Fsp3) is 0.744. The first-order valence-corrected chi connectivity index (χ1v) is 19.3. The predicted octanol–water partition coefficient (Wildman–Crippen LogP) is 4.91. The third kappa shape index (κ3) is 20.4. The molecule has 0 aromatic heterocycles. The number of unbranched alkanes of at least 4 members (excludes halogenated alkanes) is 4. The van der Waals surface area contributed by atoms with Crippen LogP contribution in [0.2, 0.25) is 0 Å². The Morgan fingerprint density at radius 2 is 1.27 bits per heavy atom. The largest absolute Gasteiger partial charge is 0.506 e. The van der Waals surface area contributed by atoms with Crippen molar-refractivity contribution in [3.05, 3.63) is 24.1 Å². The zero-order valence-corrected chi connectivity index (χ0v) is 32.6. The summed E-state index contributed by atoms with van der Waals surface area (Å²) in [5.41, 5.74) is 0. The van der Waals surface area contributed by atoms with Crippen LogP contribution in [-0.4, -0.2) is 113 Å². The summed E-state index contributed by atoms with van der Waals surface area (Å²) >= 11 is 0. The van der Waals surface area contributed by atoms with Gasteiger partial charge in [0.05, 0.1) is 55.8 Å².